The fourth-order valence-electron chi connectivity index (χ4n) is 2.62. The van der Waals surface area contributed by atoms with Gasteiger partial charge in [0.1, 0.15) is 0 Å². The average molecular weight is 369 g/mol. The number of fused-ring (bicyclic) bond motifs is 1. The van der Waals surface area contributed by atoms with E-state index in [2.05, 4.69) is 27.8 Å². The molecule has 0 aliphatic rings. The van der Waals surface area contributed by atoms with Crippen molar-refractivity contribution in [2.24, 2.45) is 0 Å². The minimum atomic E-state index is -0.554. The van der Waals surface area contributed by atoms with E-state index >= 15 is 0 Å². The fraction of sp³-hybridized carbons (Fsp3) is 0.211. The number of ether oxygens (including phenoxy) is 1. The van der Waals surface area contributed by atoms with E-state index in [1.165, 1.54) is 11.3 Å². The monoisotopic (exact) mass is 369 g/mol. The van der Waals surface area contributed by atoms with Crippen LogP contribution in [-0.4, -0.2) is 23.6 Å². The molecular formula is C19H19N3O3S. The van der Waals surface area contributed by atoms with Gasteiger partial charge in [-0.1, -0.05) is 23.5 Å². The largest absolute Gasteiger partial charge is 0.450 e. The van der Waals surface area contributed by atoms with E-state index < -0.39 is 6.09 Å². The summed E-state index contributed by atoms with van der Waals surface area (Å²) in [5, 5.41) is 5.95. The summed E-state index contributed by atoms with van der Waals surface area (Å²) in [6.07, 6.45) is -0.554. The summed E-state index contributed by atoms with van der Waals surface area (Å²) < 4.78 is 5.87. The van der Waals surface area contributed by atoms with Gasteiger partial charge in [-0.2, -0.15) is 0 Å². The Morgan fingerprint density at radius 3 is 2.73 bits per heavy atom. The first-order valence-electron chi connectivity index (χ1n) is 8.19. The van der Waals surface area contributed by atoms with E-state index in [-0.39, 0.29) is 12.5 Å². The van der Waals surface area contributed by atoms with Crippen LogP contribution in [0.5, 0.6) is 0 Å². The summed E-state index contributed by atoms with van der Waals surface area (Å²) in [4.78, 5) is 28.5. The highest BCUT2D eigenvalue weighted by molar-refractivity contribution is 7.22. The van der Waals surface area contributed by atoms with Crippen molar-refractivity contribution < 1.29 is 14.3 Å². The molecule has 1 aromatic heterocycles. The molecule has 0 spiro atoms. The van der Waals surface area contributed by atoms with Crippen LogP contribution in [0.1, 0.15) is 28.4 Å². The Bertz CT molecular complexity index is 981. The molecule has 7 heteroatoms. The molecule has 0 fully saturated rings. The van der Waals surface area contributed by atoms with E-state index in [9.17, 15) is 9.59 Å². The quantitative estimate of drug-likeness (QED) is 0.696. The van der Waals surface area contributed by atoms with Crippen LogP contribution < -0.4 is 10.6 Å². The zero-order valence-corrected chi connectivity index (χ0v) is 15.6. The Hall–Kier alpha value is -2.93. The maximum absolute atomic E-state index is 12.5. The van der Waals surface area contributed by atoms with Gasteiger partial charge in [0.15, 0.2) is 5.13 Å². The normalized spacial score (nSPS) is 10.6. The number of rotatable bonds is 4. The van der Waals surface area contributed by atoms with Crippen LogP contribution in [-0.2, 0) is 4.74 Å². The molecule has 2 N–H and O–H groups in total. The van der Waals surface area contributed by atoms with Crippen LogP contribution in [0, 0.1) is 13.8 Å². The number of aromatic nitrogens is 1. The highest BCUT2D eigenvalue weighted by Gasteiger charge is 2.12. The van der Waals surface area contributed by atoms with Gasteiger partial charge >= 0.3 is 6.09 Å². The van der Waals surface area contributed by atoms with Crippen molar-refractivity contribution in [1.29, 1.82) is 0 Å². The highest BCUT2D eigenvalue weighted by Crippen LogP contribution is 2.29. The standard InChI is InChI=1S/C19H19N3O3S/c1-4-25-19(24)20-14-7-5-6-13(10-14)17(23)22-18-21-16-12(3)8-11(2)9-15(16)26-18/h5-10H,4H2,1-3H3,(H,20,24)(H,21,22,23). The third kappa shape index (κ3) is 4.00. The van der Waals surface area contributed by atoms with Gasteiger partial charge in [-0.05, 0) is 56.2 Å². The van der Waals surface area contributed by atoms with Crippen LogP contribution in [0.15, 0.2) is 36.4 Å². The zero-order valence-electron chi connectivity index (χ0n) is 14.8. The first-order chi connectivity index (χ1) is 12.5. The minimum Gasteiger partial charge on any atom is -0.450 e. The maximum atomic E-state index is 12.5. The first-order valence-corrected chi connectivity index (χ1v) is 9.01. The van der Waals surface area contributed by atoms with Gasteiger partial charge in [0.25, 0.3) is 5.91 Å². The van der Waals surface area contributed by atoms with Crippen molar-refractivity contribution in [3.05, 3.63) is 53.1 Å². The molecule has 1 heterocycles. The van der Waals surface area contributed by atoms with Crippen LogP contribution in [0.4, 0.5) is 15.6 Å². The molecule has 0 bridgehead atoms. The molecule has 0 atom stereocenters. The van der Waals surface area contributed by atoms with E-state index in [4.69, 9.17) is 4.74 Å². The summed E-state index contributed by atoms with van der Waals surface area (Å²) >= 11 is 1.44. The number of hydrogen-bond acceptors (Lipinski definition) is 5. The molecule has 134 valence electrons. The Kier molecular flexibility index (Phi) is 5.18. The summed E-state index contributed by atoms with van der Waals surface area (Å²) in [6, 6.07) is 10.8. The second kappa shape index (κ2) is 7.53. The minimum absolute atomic E-state index is 0.280. The molecule has 2 aromatic carbocycles. The maximum Gasteiger partial charge on any atom is 0.411 e. The number of nitrogens with zero attached hydrogens (tertiary/aromatic N) is 1. The van der Waals surface area contributed by atoms with Crippen molar-refractivity contribution in [2.45, 2.75) is 20.8 Å². The Labute approximate surface area is 155 Å². The first kappa shape index (κ1) is 17.9. The van der Waals surface area contributed by atoms with Gasteiger partial charge in [-0.3, -0.25) is 15.4 Å². The van der Waals surface area contributed by atoms with E-state index in [1.807, 2.05) is 13.8 Å². The molecule has 0 saturated carbocycles. The molecule has 26 heavy (non-hydrogen) atoms. The number of amides is 2. The number of aryl methyl sites for hydroxylation is 2. The third-order valence-electron chi connectivity index (χ3n) is 3.70. The molecule has 0 saturated heterocycles. The third-order valence-corrected chi connectivity index (χ3v) is 4.61. The molecule has 6 nitrogen and oxygen atoms in total. The average Bonchev–Trinajstić information content (AvgIpc) is 2.98. The summed E-state index contributed by atoms with van der Waals surface area (Å²) in [6.45, 7) is 6.05. The number of nitrogens with one attached hydrogen (secondary N) is 2. The second-order valence-corrected chi connectivity index (χ2v) is 6.86. The fourth-order valence-corrected chi connectivity index (χ4v) is 3.65. The Morgan fingerprint density at radius 1 is 1.15 bits per heavy atom. The lowest BCUT2D eigenvalue weighted by atomic mass is 10.1. The van der Waals surface area contributed by atoms with Gasteiger partial charge < -0.3 is 4.74 Å². The molecule has 0 radical (unpaired) electrons. The van der Waals surface area contributed by atoms with Crippen molar-refractivity contribution >= 4 is 44.4 Å². The lowest BCUT2D eigenvalue weighted by molar-refractivity contribution is 0.102. The van der Waals surface area contributed by atoms with Crippen molar-refractivity contribution in [1.82, 2.24) is 4.98 Å². The predicted molar refractivity (Wildman–Crippen MR) is 104 cm³/mol. The van der Waals surface area contributed by atoms with E-state index in [1.54, 1.807) is 31.2 Å². The van der Waals surface area contributed by atoms with E-state index in [0.29, 0.717) is 16.4 Å². The zero-order chi connectivity index (χ0) is 18.7. The molecule has 3 rings (SSSR count). The number of benzene rings is 2. The molecule has 2 amide bonds. The lowest BCUT2D eigenvalue weighted by Crippen LogP contribution is -2.15. The number of carbonyl (C=O) groups is 2. The molecule has 0 aliphatic carbocycles. The van der Waals surface area contributed by atoms with Gasteiger partial charge in [0.2, 0.25) is 0 Å². The summed E-state index contributed by atoms with van der Waals surface area (Å²) in [5.74, 6) is -0.286. The number of carbonyl (C=O) groups excluding carboxylic acids is 2. The second-order valence-electron chi connectivity index (χ2n) is 5.83. The molecule has 0 aliphatic heterocycles. The predicted octanol–water partition coefficient (Wildman–Crippen LogP) is 4.73. The van der Waals surface area contributed by atoms with Gasteiger partial charge in [-0.25, -0.2) is 9.78 Å². The van der Waals surface area contributed by atoms with Crippen molar-refractivity contribution in [3.63, 3.8) is 0 Å². The lowest BCUT2D eigenvalue weighted by Gasteiger charge is -2.07. The summed E-state index contributed by atoms with van der Waals surface area (Å²) in [7, 11) is 0. The summed E-state index contributed by atoms with van der Waals surface area (Å²) in [5.41, 5.74) is 4.05. The Balaban J connectivity index is 1.78. The van der Waals surface area contributed by atoms with Crippen LogP contribution in [0.2, 0.25) is 0 Å². The van der Waals surface area contributed by atoms with Crippen molar-refractivity contribution in [3.8, 4) is 0 Å². The van der Waals surface area contributed by atoms with Crippen LogP contribution >= 0.6 is 11.3 Å². The molecular weight excluding hydrogens is 350 g/mol. The highest BCUT2D eigenvalue weighted by atomic mass is 32.1. The smallest absolute Gasteiger partial charge is 0.411 e. The number of anilines is 2. The van der Waals surface area contributed by atoms with Crippen LogP contribution in [0.3, 0.4) is 0 Å². The SMILES string of the molecule is CCOC(=O)Nc1cccc(C(=O)Nc2nc3c(C)cc(C)cc3s2)c1. The number of hydrogen-bond donors (Lipinski definition) is 2. The topological polar surface area (TPSA) is 80.3 Å². The van der Waals surface area contributed by atoms with Gasteiger partial charge in [-0.15, -0.1) is 0 Å². The van der Waals surface area contributed by atoms with Gasteiger partial charge in [0.05, 0.1) is 16.8 Å². The molecule has 3 aromatic rings. The number of thiazole rings is 1. The van der Waals surface area contributed by atoms with E-state index in [0.717, 1.165) is 21.3 Å². The molecule has 0 unspecified atom stereocenters. The van der Waals surface area contributed by atoms with Crippen LogP contribution in [0.25, 0.3) is 10.2 Å². The van der Waals surface area contributed by atoms with Gasteiger partial charge in [0, 0.05) is 11.3 Å². The van der Waals surface area contributed by atoms with Crippen molar-refractivity contribution in [2.75, 3.05) is 17.2 Å². The Morgan fingerprint density at radius 2 is 1.96 bits per heavy atom.